The minimum atomic E-state index is -3.22. The van der Waals surface area contributed by atoms with Gasteiger partial charge < -0.3 is 20.0 Å². The van der Waals surface area contributed by atoms with Crippen molar-refractivity contribution in [3.05, 3.63) is 24.2 Å². The highest BCUT2D eigenvalue weighted by atomic mass is 127. The molecule has 1 fully saturated rings. The van der Waals surface area contributed by atoms with E-state index in [0.717, 1.165) is 18.6 Å². The molecule has 2 N–H and O–H groups in total. The second kappa shape index (κ2) is 11.6. The van der Waals surface area contributed by atoms with E-state index < -0.39 is 10.0 Å². The van der Waals surface area contributed by atoms with Gasteiger partial charge in [-0.25, -0.2) is 13.4 Å². The molecule has 0 aliphatic carbocycles. The van der Waals surface area contributed by atoms with Gasteiger partial charge in [0.2, 0.25) is 15.9 Å². The average molecular weight is 527 g/mol. The van der Waals surface area contributed by atoms with Crippen molar-refractivity contribution in [2.75, 3.05) is 46.5 Å². The van der Waals surface area contributed by atoms with Gasteiger partial charge in [-0.15, -0.1) is 24.0 Å². The third-order valence-corrected chi connectivity index (χ3v) is 5.70. The molecule has 2 rings (SSSR count). The highest BCUT2D eigenvalue weighted by molar-refractivity contribution is 14.0. The Bertz CT molecular complexity index is 737. The summed E-state index contributed by atoms with van der Waals surface area (Å²) in [6, 6.07) is 3.61. The van der Waals surface area contributed by atoms with Crippen LogP contribution in [0.5, 0.6) is 0 Å². The van der Waals surface area contributed by atoms with Gasteiger partial charge in [-0.05, 0) is 25.0 Å². The summed E-state index contributed by atoms with van der Waals surface area (Å²) in [6.45, 7) is 1.58. The molecule has 1 aromatic rings. The number of guanidine groups is 1. The fraction of sp³-hybridized carbons (Fsp3) is 0.647. The molecule has 1 atom stereocenters. The van der Waals surface area contributed by atoms with E-state index in [4.69, 9.17) is 4.42 Å². The van der Waals surface area contributed by atoms with E-state index in [0.29, 0.717) is 32.0 Å². The summed E-state index contributed by atoms with van der Waals surface area (Å²) in [7, 11) is 0.133. The molecule has 1 amide bonds. The molecule has 0 spiro atoms. The van der Waals surface area contributed by atoms with E-state index in [1.165, 1.54) is 15.5 Å². The molecular weight excluding hydrogens is 497 g/mol. The van der Waals surface area contributed by atoms with E-state index in [2.05, 4.69) is 15.6 Å². The lowest BCUT2D eigenvalue weighted by Gasteiger charge is -2.23. The van der Waals surface area contributed by atoms with Gasteiger partial charge >= 0.3 is 0 Å². The number of carbonyl (C=O) groups excluding carboxylic acids is 1. The van der Waals surface area contributed by atoms with Crippen molar-refractivity contribution in [2.24, 2.45) is 4.99 Å². The molecule has 1 saturated heterocycles. The minimum absolute atomic E-state index is 0. The molecule has 0 unspecified atom stereocenters. The van der Waals surface area contributed by atoms with Gasteiger partial charge in [0.05, 0.1) is 12.5 Å². The number of hydrogen-bond acceptors (Lipinski definition) is 5. The SMILES string of the molecule is CN(C)C(=O)CN=C(NCCc1ccco1)NC[C@H]1CCCN1S(C)(=O)=O.I. The number of furan rings is 1. The summed E-state index contributed by atoms with van der Waals surface area (Å²) in [4.78, 5) is 17.6. The van der Waals surface area contributed by atoms with E-state index in [-0.39, 0.29) is 42.5 Å². The molecule has 9 nitrogen and oxygen atoms in total. The largest absolute Gasteiger partial charge is 0.469 e. The number of rotatable bonds is 8. The van der Waals surface area contributed by atoms with Gasteiger partial charge in [0.15, 0.2) is 5.96 Å². The molecule has 0 saturated carbocycles. The highest BCUT2D eigenvalue weighted by Gasteiger charge is 2.31. The lowest BCUT2D eigenvalue weighted by molar-refractivity contribution is -0.127. The lowest BCUT2D eigenvalue weighted by atomic mass is 10.2. The van der Waals surface area contributed by atoms with Crippen LogP contribution in [-0.2, 0) is 21.2 Å². The fourth-order valence-electron chi connectivity index (χ4n) is 2.89. The Hall–Kier alpha value is -1.34. The summed E-state index contributed by atoms with van der Waals surface area (Å²) in [6.07, 6.45) is 5.18. The molecule has 0 bridgehead atoms. The van der Waals surface area contributed by atoms with Crippen LogP contribution >= 0.6 is 24.0 Å². The molecule has 160 valence electrons. The number of amides is 1. The molecule has 28 heavy (non-hydrogen) atoms. The first-order valence-corrected chi connectivity index (χ1v) is 10.8. The Morgan fingerprint density at radius 1 is 1.39 bits per heavy atom. The van der Waals surface area contributed by atoms with Crippen molar-refractivity contribution in [3.63, 3.8) is 0 Å². The zero-order valence-corrected chi connectivity index (χ0v) is 19.7. The normalized spacial score (nSPS) is 17.8. The van der Waals surface area contributed by atoms with Crippen molar-refractivity contribution in [2.45, 2.75) is 25.3 Å². The molecule has 0 radical (unpaired) electrons. The van der Waals surface area contributed by atoms with Gasteiger partial charge in [0.25, 0.3) is 0 Å². The van der Waals surface area contributed by atoms with Crippen LogP contribution in [0, 0.1) is 0 Å². The topological polar surface area (TPSA) is 107 Å². The number of carbonyl (C=O) groups is 1. The van der Waals surface area contributed by atoms with Crippen LogP contribution < -0.4 is 10.6 Å². The summed E-state index contributed by atoms with van der Waals surface area (Å²) in [5.41, 5.74) is 0. The van der Waals surface area contributed by atoms with Gasteiger partial charge in [-0.1, -0.05) is 0 Å². The first kappa shape index (κ1) is 24.7. The Morgan fingerprint density at radius 3 is 2.75 bits per heavy atom. The van der Waals surface area contributed by atoms with Crippen LogP contribution in [-0.4, -0.2) is 82.1 Å². The first-order chi connectivity index (χ1) is 12.8. The standard InChI is InChI=1S/C17H29N5O4S.HI/c1-21(2)16(23)13-20-17(18-9-8-15-7-5-11-26-15)19-12-14-6-4-10-22(14)27(3,24)25;/h5,7,11,14H,4,6,8-10,12-13H2,1-3H3,(H2,18,19,20);1H/t14-;/m1./s1. The Kier molecular flexibility index (Phi) is 10.2. The van der Waals surface area contributed by atoms with Crippen molar-refractivity contribution in [3.8, 4) is 0 Å². The van der Waals surface area contributed by atoms with E-state index in [1.807, 2.05) is 12.1 Å². The molecular formula is C17H30IN5O4S. The van der Waals surface area contributed by atoms with Crippen molar-refractivity contribution < 1.29 is 17.6 Å². The van der Waals surface area contributed by atoms with Crippen LogP contribution in [0.2, 0.25) is 0 Å². The van der Waals surface area contributed by atoms with Gasteiger partial charge in [0, 0.05) is 46.2 Å². The number of likely N-dealkylation sites (N-methyl/N-ethyl adjacent to an activating group) is 1. The third kappa shape index (κ3) is 7.95. The molecule has 2 heterocycles. The number of nitrogens with one attached hydrogen (secondary N) is 2. The summed E-state index contributed by atoms with van der Waals surface area (Å²) >= 11 is 0. The summed E-state index contributed by atoms with van der Waals surface area (Å²) in [5.74, 6) is 1.23. The Morgan fingerprint density at radius 2 is 2.14 bits per heavy atom. The molecule has 11 heteroatoms. The number of aliphatic imine (C=N–C) groups is 1. The second-order valence-electron chi connectivity index (χ2n) is 6.76. The molecule has 0 aromatic carbocycles. The van der Waals surface area contributed by atoms with E-state index in [1.54, 1.807) is 20.4 Å². The van der Waals surface area contributed by atoms with Crippen LogP contribution in [0.4, 0.5) is 0 Å². The molecule has 1 aliphatic rings. The predicted molar refractivity (Wildman–Crippen MR) is 119 cm³/mol. The molecule has 1 aromatic heterocycles. The maximum absolute atomic E-state index is 11.9. The quantitative estimate of drug-likeness (QED) is 0.290. The lowest BCUT2D eigenvalue weighted by Crippen LogP contribution is -2.47. The summed E-state index contributed by atoms with van der Waals surface area (Å²) in [5, 5.41) is 6.34. The number of nitrogens with zero attached hydrogens (tertiary/aromatic N) is 3. The molecule has 1 aliphatic heterocycles. The Balaban J connectivity index is 0.00000392. The van der Waals surface area contributed by atoms with Crippen LogP contribution in [0.3, 0.4) is 0 Å². The summed E-state index contributed by atoms with van der Waals surface area (Å²) < 4.78 is 30.6. The maximum atomic E-state index is 11.9. The van der Waals surface area contributed by atoms with Gasteiger partial charge in [-0.3, -0.25) is 4.79 Å². The minimum Gasteiger partial charge on any atom is -0.469 e. The smallest absolute Gasteiger partial charge is 0.243 e. The number of sulfonamides is 1. The fourth-order valence-corrected chi connectivity index (χ4v) is 4.07. The van der Waals surface area contributed by atoms with Crippen molar-refractivity contribution in [1.29, 1.82) is 0 Å². The van der Waals surface area contributed by atoms with Crippen LogP contribution in [0.25, 0.3) is 0 Å². The Labute approximate surface area is 184 Å². The zero-order chi connectivity index (χ0) is 19.9. The predicted octanol–water partition coefficient (Wildman–Crippen LogP) is 0.488. The van der Waals surface area contributed by atoms with Gasteiger partial charge in [-0.2, -0.15) is 4.31 Å². The monoisotopic (exact) mass is 527 g/mol. The van der Waals surface area contributed by atoms with Gasteiger partial charge in [0.1, 0.15) is 12.3 Å². The second-order valence-corrected chi connectivity index (χ2v) is 8.69. The number of halogens is 1. The van der Waals surface area contributed by atoms with E-state index in [9.17, 15) is 13.2 Å². The van der Waals surface area contributed by atoms with Crippen LogP contribution in [0.15, 0.2) is 27.8 Å². The number of hydrogen-bond donors (Lipinski definition) is 2. The van der Waals surface area contributed by atoms with Crippen LogP contribution in [0.1, 0.15) is 18.6 Å². The average Bonchev–Trinajstić information content (AvgIpc) is 3.27. The third-order valence-electron chi connectivity index (χ3n) is 4.37. The highest BCUT2D eigenvalue weighted by Crippen LogP contribution is 2.19. The van der Waals surface area contributed by atoms with Crippen molar-refractivity contribution >= 4 is 45.9 Å². The first-order valence-electron chi connectivity index (χ1n) is 8.99. The van der Waals surface area contributed by atoms with E-state index >= 15 is 0 Å². The maximum Gasteiger partial charge on any atom is 0.243 e. The van der Waals surface area contributed by atoms with Crippen molar-refractivity contribution in [1.82, 2.24) is 19.8 Å². The zero-order valence-electron chi connectivity index (χ0n) is 16.6.